The van der Waals surface area contributed by atoms with Crippen LogP contribution in [0, 0.1) is 0 Å². The van der Waals surface area contributed by atoms with E-state index in [9.17, 15) is 9.59 Å². The molecule has 0 aliphatic carbocycles. The second kappa shape index (κ2) is 8.67. The summed E-state index contributed by atoms with van der Waals surface area (Å²) in [5.74, 6) is -0.382. The van der Waals surface area contributed by atoms with E-state index in [0.717, 1.165) is 30.5 Å². The van der Waals surface area contributed by atoms with Crippen LogP contribution in [0.3, 0.4) is 0 Å². The minimum absolute atomic E-state index is 0.188. The first kappa shape index (κ1) is 18.9. The minimum atomic E-state index is -0.194. The van der Waals surface area contributed by atoms with Gasteiger partial charge in [-0.05, 0) is 31.0 Å². The summed E-state index contributed by atoms with van der Waals surface area (Å²) in [6.45, 7) is 5.19. The van der Waals surface area contributed by atoms with Crippen LogP contribution < -0.4 is 4.90 Å². The maximum atomic E-state index is 13.3. The summed E-state index contributed by atoms with van der Waals surface area (Å²) in [6.07, 6.45) is 2.89. The molecule has 2 aromatic rings. The minimum Gasteiger partial charge on any atom is -0.337 e. The molecule has 1 aliphatic rings. The Labute approximate surface area is 161 Å². The van der Waals surface area contributed by atoms with Crippen LogP contribution >= 0.6 is 0 Å². The van der Waals surface area contributed by atoms with Crippen molar-refractivity contribution in [3.63, 3.8) is 0 Å². The van der Waals surface area contributed by atoms with Gasteiger partial charge in [0, 0.05) is 18.8 Å². The van der Waals surface area contributed by atoms with Gasteiger partial charge in [0.15, 0.2) is 0 Å². The van der Waals surface area contributed by atoms with E-state index in [0.29, 0.717) is 24.4 Å². The van der Waals surface area contributed by atoms with E-state index >= 15 is 0 Å². The Hall–Kier alpha value is -2.88. The summed E-state index contributed by atoms with van der Waals surface area (Å²) in [4.78, 5) is 29.8. The number of carbonyl (C=O) groups is 2. The van der Waals surface area contributed by atoms with E-state index < -0.39 is 0 Å². The van der Waals surface area contributed by atoms with Gasteiger partial charge in [-0.1, -0.05) is 68.3 Å². The zero-order chi connectivity index (χ0) is 19.2. The molecule has 0 bridgehead atoms. The Morgan fingerprint density at radius 2 is 1.44 bits per heavy atom. The lowest BCUT2D eigenvalue weighted by Gasteiger charge is -2.25. The number of hydrogen-bond donors (Lipinski definition) is 0. The Morgan fingerprint density at radius 3 is 2.04 bits per heavy atom. The van der Waals surface area contributed by atoms with Gasteiger partial charge in [0.25, 0.3) is 11.8 Å². The topological polar surface area (TPSA) is 40.6 Å². The first-order valence-corrected chi connectivity index (χ1v) is 9.67. The van der Waals surface area contributed by atoms with Gasteiger partial charge in [-0.25, -0.2) is 0 Å². The fourth-order valence-corrected chi connectivity index (χ4v) is 3.48. The SMILES string of the molecule is CCCCCN1C(=O)C(c2ccccc2)=C(N(CC)c2ccccc2)C1=O. The second-order valence-corrected chi connectivity index (χ2v) is 6.64. The van der Waals surface area contributed by atoms with Crippen LogP contribution in [0.25, 0.3) is 5.57 Å². The molecule has 0 radical (unpaired) electrons. The predicted molar refractivity (Wildman–Crippen MR) is 109 cm³/mol. The Kier molecular flexibility index (Phi) is 6.07. The van der Waals surface area contributed by atoms with Gasteiger partial charge in [-0.15, -0.1) is 0 Å². The first-order valence-electron chi connectivity index (χ1n) is 9.67. The molecule has 1 heterocycles. The van der Waals surface area contributed by atoms with Crippen molar-refractivity contribution in [2.75, 3.05) is 18.0 Å². The largest absolute Gasteiger partial charge is 0.337 e. The van der Waals surface area contributed by atoms with Crippen LogP contribution in [0.1, 0.15) is 38.7 Å². The van der Waals surface area contributed by atoms with Gasteiger partial charge < -0.3 is 4.90 Å². The molecule has 0 unspecified atom stereocenters. The van der Waals surface area contributed by atoms with Crippen LogP contribution in [-0.2, 0) is 9.59 Å². The first-order chi connectivity index (χ1) is 13.2. The zero-order valence-electron chi connectivity index (χ0n) is 16.0. The Bertz CT molecular complexity index is 828. The van der Waals surface area contributed by atoms with Crippen LogP contribution in [0.4, 0.5) is 5.69 Å². The summed E-state index contributed by atoms with van der Waals surface area (Å²) < 4.78 is 0. The highest BCUT2D eigenvalue weighted by Gasteiger charge is 2.41. The number of unbranched alkanes of at least 4 members (excludes halogenated alkanes) is 2. The number of nitrogens with zero attached hydrogens (tertiary/aromatic N) is 2. The molecule has 1 aliphatic heterocycles. The lowest BCUT2D eigenvalue weighted by molar-refractivity contribution is -0.136. The lowest BCUT2D eigenvalue weighted by atomic mass is 10.0. The average molecular weight is 362 g/mol. The third-order valence-electron chi connectivity index (χ3n) is 4.85. The highest BCUT2D eigenvalue weighted by molar-refractivity contribution is 6.36. The highest BCUT2D eigenvalue weighted by Crippen LogP contribution is 2.34. The van der Waals surface area contributed by atoms with Crippen LogP contribution in [-0.4, -0.2) is 29.8 Å². The van der Waals surface area contributed by atoms with E-state index in [1.54, 1.807) is 0 Å². The van der Waals surface area contributed by atoms with Crippen molar-refractivity contribution in [2.24, 2.45) is 0 Å². The number of amides is 2. The fourth-order valence-electron chi connectivity index (χ4n) is 3.48. The number of rotatable bonds is 8. The smallest absolute Gasteiger partial charge is 0.278 e. The second-order valence-electron chi connectivity index (χ2n) is 6.64. The van der Waals surface area contributed by atoms with E-state index in [-0.39, 0.29) is 11.8 Å². The standard InChI is InChI=1S/C23H26N2O2/c1-3-5-12-17-25-22(26)20(18-13-8-6-9-14-18)21(23(25)27)24(4-2)19-15-10-7-11-16-19/h6-11,13-16H,3-5,12,17H2,1-2H3. The number of anilines is 1. The number of hydrogen-bond acceptors (Lipinski definition) is 3. The molecule has 0 saturated heterocycles. The van der Waals surface area contributed by atoms with Crippen LogP contribution in [0.2, 0.25) is 0 Å². The average Bonchev–Trinajstić information content (AvgIpc) is 2.95. The van der Waals surface area contributed by atoms with Crippen molar-refractivity contribution >= 4 is 23.1 Å². The summed E-state index contributed by atoms with van der Waals surface area (Å²) in [5.41, 5.74) is 2.69. The zero-order valence-corrected chi connectivity index (χ0v) is 16.0. The monoisotopic (exact) mass is 362 g/mol. The number of likely N-dealkylation sites (N-methyl/N-ethyl adjacent to an activating group) is 1. The Balaban J connectivity index is 2.07. The third kappa shape index (κ3) is 3.80. The maximum absolute atomic E-state index is 13.3. The molecule has 4 nitrogen and oxygen atoms in total. The molecule has 2 amide bonds. The van der Waals surface area contributed by atoms with Crippen molar-refractivity contribution in [1.82, 2.24) is 4.90 Å². The Morgan fingerprint density at radius 1 is 0.815 bits per heavy atom. The maximum Gasteiger partial charge on any atom is 0.278 e. The molecule has 0 aromatic heterocycles. The third-order valence-corrected chi connectivity index (χ3v) is 4.85. The fraction of sp³-hybridized carbons (Fsp3) is 0.304. The number of imide groups is 1. The van der Waals surface area contributed by atoms with Gasteiger partial charge in [0.2, 0.25) is 0 Å². The number of carbonyl (C=O) groups excluding carboxylic acids is 2. The molecule has 2 aromatic carbocycles. The van der Waals surface area contributed by atoms with Crippen molar-refractivity contribution in [3.8, 4) is 0 Å². The number of benzene rings is 2. The van der Waals surface area contributed by atoms with E-state index in [1.807, 2.05) is 72.5 Å². The molecule has 0 saturated carbocycles. The quantitative estimate of drug-likeness (QED) is 0.513. The molecular formula is C23H26N2O2. The van der Waals surface area contributed by atoms with Gasteiger partial charge in [0.1, 0.15) is 5.70 Å². The van der Waals surface area contributed by atoms with E-state index in [1.165, 1.54) is 4.90 Å². The number of para-hydroxylation sites is 1. The molecule has 0 N–H and O–H groups in total. The van der Waals surface area contributed by atoms with Gasteiger partial charge in [0.05, 0.1) is 5.57 Å². The predicted octanol–water partition coefficient (Wildman–Crippen LogP) is 4.48. The van der Waals surface area contributed by atoms with Gasteiger partial charge >= 0.3 is 0 Å². The van der Waals surface area contributed by atoms with E-state index in [4.69, 9.17) is 0 Å². The normalized spacial score (nSPS) is 14.2. The molecule has 0 fully saturated rings. The van der Waals surface area contributed by atoms with Gasteiger partial charge in [-0.3, -0.25) is 14.5 Å². The van der Waals surface area contributed by atoms with Crippen molar-refractivity contribution in [3.05, 3.63) is 71.9 Å². The molecule has 4 heteroatoms. The van der Waals surface area contributed by atoms with Crippen molar-refractivity contribution in [1.29, 1.82) is 0 Å². The van der Waals surface area contributed by atoms with Crippen molar-refractivity contribution < 1.29 is 9.59 Å². The summed E-state index contributed by atoms with van der Waals surface area (Å²) in [5, 5.41) is 0. The molecule has 140 valence electrons. The van der Waals surface area contributed by atoms with Crippen LogP contribution in [0.5, 0.6) is 0 Å². The molecule has 0 atom stereocenters. The molecule has 0 spiro atoms. The van der Waals surface area contributed by atoms with E-state index in [2.05, 4.69) is 6.92 Å². The molecule has 27 heavy (non-hydrogen) atoms. The summed E-state index contributed by atoms with van der Waals surface area (Å²) in [7, 11) is 0. The lowest BCUT2D eigenvalue weighted by Crippen LogP contribution is -2.36. The molecular weight excluding hydrogens is 336 g/mol. The highest BCUT2D eigenvalue weighted by atomic mass is 16.2. The summed E-state index contributed by atoms with van der Waals surface area (Å²) >= 11 is 0. The van der Waals surface area contributed by atoms with Gasteiger partial charge in [-0.2, -0.15) is 0 Å². The van der Waals surface area contributed by atoms with Crippen LogP contribution in [0.15, 0.2) is 66.4 Å². The molecule has 3 rings (SSSR count). The van der Waals surface area contributed by atoms with Crippen molar-refractivity contribution in [2.45, 2.75) is 33.1 Å². The summed E-state index contributed by atoms with van der Waals surface area (Å²) in [6, 6.07) is 19.3.